The molecule has 242 valence electrons. The summed E-state index contributed by atoms with van der Waals surface area (Å²) in [5, 5.41) is 14.8. The average Bonchev–Trinajstić information content (AvgIpc) is 3.33. The molecule has 2 heterocycles. The molecule has 0 saturated heterocycles. The van der Waals surface area contributed by atoms with Crippen molar-refractivity contribution in [2.24, 2.45) is 5.41 Å². The molecular weight excluding hydrogens is 594 g/mol. The second-order valence-corrected chi connectivity index (χ2v) is 11.6. The number of benzene rings is 1. The van der Waals surface area contributed by atoms with Crippen molar-refractivity contribution in [1.29, 1.82) is 0 Å². The summed E-state index contributed by atoms with van der Waals surface area (Å²) in [4.78, 5) is 67.9. The van der Waals surface area contributed by atoms with Crippen molar-refractivity contribution in [2.45, 2.75) is 52.6 Å². The lowest BCUT2D eigenvalue weighted by Crippen LogP contribution is -2.44. The Kier molecular flexibility index (Phi) is 10.8. The number of imidazole rings is 1. The van der Waals surface area contributed by atoms with Crippen LogP contribution in [0.1, 0.15) is 45.0 Å². The average molecular weight is 631 g/mol. The zero-order valence-corrected chi connectivity index (χ0v) is 25.8. The molecule has 0 aliphatic carbocycles. The van der Waals surface area contributed by atoms with Gasteiger partial charge in [0.1, 0.15) is 28.9 Å². The first-order chi connectivity index (χ1) is 21.0. The predicted octanol–water partition coefficient (Wildman–Crippen LogP) is 3.73. The summed E-state index contributed by atoms with van der Waals surface area (Å²) in [6.07, 6.45) is 2.10. The van der Waals surface area contributed by atoms with E-state index in [1.54, 1.807) is 14.1 Å². The van der Waals surface area contributed by atoms with Gasteiger partial charge in [-0.05, 0) is 42.9 Å². The Balaban J connectivity index is 1.95. The van der Waals surface area contributed by atoms with E-state index >= 15 is 0 Å². The summed E-state index contributed by atoms with van der Waals surface area (Å²) in [6, 6.07) is 2.18. The maximum absolute atomic E-state index is 15.0. The molecule has 0 aliphatic rings. The second-order valence-electron chi connectivity index (χ2n) is 11.6. The van der Waals surface area contributed by atoms with E-state index in [0.717, 1.165) is 11.7 Å². The third-order valence-electron chi connectivity index (χ3n) is 6.61. The van der Waals surface area contributed by atoms with Crippen LogP contribution in [0.25, 0.3) is 11.0 Å². The smallest absolute Gasteiger partial charge is 0.417 e. The molecule has 1 unspecified atom stereocenters. The summed E-state index contributed by atoms with van der Waals surface area (Å²) in [6.45, 7) is 5.05. The standard InChI is InChI=1S/C30H36F2N6O7/c1-30(2,3)15-17-18(31)14-19(32)25-24(17)35-22(38(25)29(43)44)16-37-13-9-11-21(27(37)41)33-26(40)20(34-28(42)45-6)10-7-8-12-23(39)36(4)5/h8-9,11-14,20H,7,10,15-16H2,1-6H3,(H,33,40)(H,34,42)(H,43,44). The van der Waals surface area contributed by atoms with Gasteiger partial charge in [0.05, 0.1) is 19.2 Å². The number of carboxylic acid groups (broad SMARTS) is 1. The predicted molar refractivity (Wildman–Crippen MR) is 161 cm³/mol. The van der Waals surface area contributed by atoms with Gasteiger partial charge in [0.2, 0.25) is 11.8 Å². The lowest BCUT2D eigenvalue weighted by molar-refractivity contribution is -0.123. The Bertz CT molecular complexity index is 1710. The normalized spacial score (nSPS) is 12.3. The van der Waals surface area contributed by atoms with Crippen LogP contribution in [0.5, 0.6) is 0 Å². The van der Waals surface area contributed by atoms with Gasteiger partial charge >= 0.3 is 12.2 Å². The number of nitrogens with zero attached hydrogens (tertiary/aromatic N) is 4. The summed E-state index contributed by atoms with van der Waals surface area (Å²) in [5.41, 5.74) is -1.98. The van der Waals surface area contributed by atoms with Crippen molar-refractivity contribution in [3.05, 3.63) is 69.9 Å². The maximum Gasteiger partial charge on any atom is 0.417 e. The molecule has 45 heavy (non-hydrogen) atoms. The van der Waals surface area contributed by atoms with Crippen LogP contribution in [-0.4, -0.2) is 75.4 Å². The third kappa shape index (κ3) is 8.52. The molecule has 13 nitrogen and oxygen atoms in total. The third-order valence-corrected chi connectivity index (χ3v) is 6.61. The molecule has 0 radical (unpaired) electrons. The molecule has 15 heteroatoms. The summed E-state index contributed by atoms with van der Waals surface area (Å²) in [7, 11) is 4.27. The lowest BCUT2D eigenvalue weighted by Gasteiger charge is -2.19. The van der Waals surface area contributed by atoms with Gasteiger partial charge in [-0.25, -0.2) is 27.9 Å². The number of hydrogen-bond acceptors (Lipinski definition) is 7. The number of pyridine rings is 1. The van der Waals surface area contributed by atoms with Crippen LogP contribution in [0.15, 0.2) is 41.3 Å². The van der Waals surface area contributed by atoms with E-state index in [2.05, 4.69) is 20.4 Å². The van der Waals surface area contributed by atoms with Crippen LogP contribution in [0.2, 0.25) is 0 Å². The number of methoxy groups -OCH3 is 1. The van der Waals surface area contributed by atoms with E-state index in [-0.39, 0.29) is 47.8 Å². The minimum Gasteiger partial charge on any atom is -0.464 e. The Labute approximate surface area is 257 Å². The van der Waals surface area contributed by atoms with E-state index in [0.29, 0.717) is 10.6 Å². The fourth-order valence-corrected chi connectivity index (χ4v) is 4.48. The number of alkyl carbamates (subject to hydrolysis) is 1. The molecule has 0 saturated carbocycles. The number of halogens is 2. The number of carbonyl (C=O) groups excluding carboxylic acids is 3. The number of anilines is 1. The lowest BCUT2D eigenvalue weighted by atomic mass is 9.87. The SMILES string of the molecule is COC(=O)NC(CCC=CC(=O)N(C)C)C(=O)Nc1cccn(Cc2nc3c(CC(C)(C)C)c(F)cc(F)c3n2C(=O)O)c1=O. The van der Waals surface area contributed by atoms with Crippen LogP contribution in [0.4, 0.5) is 24.1 Å². The highest BCUT2D eigenvalue weighted by Gasteiger charge is 2.27. The Morgan fingerprint density at radius 2 is 1.87 bits per heavy atom. The van der Waals surface area contributed by atoms with Gasteiger partial charge in [-0.15, -0.1) is 0 Å². The Morgan fingerprint density at radius 1 is 1.18 bits per heavy atom. The van der Waals surface area contributed by atoms with E-state index in [1.165, 1.54) is 35.4 Å². The van der Waals surface area contributed by atoms with Crippen molar-refractivity contribution in [3.8, 4) is 0 Å². The largest absolute Gasteiger partial charge is 0.464 e. The summed E-state index contributed by atoms with van der Waals surface area (Å²) >= 11 is 0. The number of aromatic nitrogens is 3. The van der Waals surface area contributed by atoms with E-state index in [4.69, 9.17) is 0 Å². The van der Waals surface area contributed by atoms with Gasteiger partial charge in [0.15, 0.2) is 5.82 Å². The molecule has 1 aromatic carbocycles. The van der Waals surface area contributed by atoms with Crippen molar-refractivity contribution in [3.63, 3.8) is 0 Å². The minimum atomic E-state index is -1.59. The summed E-state index contributed by atoms with van der Waals surface area (Å²) in [5.74, 6) is -3.28. The number of allylic oxidation sites excluding steroid dienone is 1. The summed E-state index contributed by atoms with van der Waals surface area (Å²) < 4.78 is 36.0. The molecule has 3 N–H and O–H groups in total. The van der Waals surface area contributed by atoms with Gasteiger partial charge in [-0.2, -0.15) is 0 Å². The first-order valence-corrected chi connectivity index (χ1v) is 13.9. The van der Waals surface area contributed by atoms with E-state index in [1.807, 2.05) is 20.8 Å². The fraction of sp³-hybridized carbons (Fsp3) is 0.400. The number of fused-ring (bicyclic) bond motifs is 1. The zero-order chi connectivity index (χ0) is 33.6. The van der Waals surface area contributed by atoms with Gasteiger partial charge < -0.3 is 29.9 Å². The first kappa shape index (κ1) is 34.4. The molecular formula is C30H36F2N6O7. The van der Waals surface area contributed by atoms with Gasteiger partial charge in [-0.3, -0.25) is 14.4 Å². The number of nitrogens with one attached hydrogen (secondary N) is 2. The van der Waals surface area contributed by atoms with Crippen LogP contribution in [0, 0.1) is 17.0 Å². The van der Waals surface area contributed by atoms with Crippen LogP contribution in [0.3, 0.4) is 0 Å². The van der Waals surface area contributed by atoms with Crippen molar-refractivity contribution < 1.29 is 37.8 Å². The molecule has 3 aromatic rings. The highest BCUT2D eigenvalue weighted by molar-refractivity contribution is 5.96. The number of ether oxygens (including phenoxy) is 1. The topological polar surface area (TPSA) is 165 Å². The molecule has 0 spiro atoms. The number of amides is 3. The van der Waals surface area contributed by atoms with Crippen LogP contribution in [-0.2, 0) is 27.3 Å². The molecule has 1 atom stereocenters. The van der Waals surface area contributed by atoms with Gasteiger partial charge in [0, 0.05) is 31.9 Å². The van der Waals surface area contributed by atoms with E-state index < -0.39 is 58.8 Å². The molecule has 3 amide bonds. The molecule has 0 bridgehead atoms. The Morgan fingerprint density at radius 3 is 2.47 bits per heavy atom. The fourth-order valence-electron chi connectivity index (χ4n) is 4.48. The van der Waals surface area contributed by atoms with Crippen LogP contribution < -0.4 is 16.2 Å². The monoisotopic (exact) mass is 630 g/mol. The van der Waals surface area contributed by atoms with Gasteiger partial charge in [0.25, 0.3) is 5.56 Å². The quantitative estimate of drug-likeness (QED) is 0.285. The van der Waals surface area contributed by atoms with E-state index in [9.17, 15) is 37.9 Å². The maximum atomic E-state index is 15.0. The number of rotatable bonds is 10. The van der Waals surface area contributed by atoms with Crippen molar-refractivity contribution in [1.82, 2.24) is 24.3 Å². The second kappa shape index (κ2) is 14.1. The number of hydrogen-bond donors (Lipinski definition) is 3. The Hall–Kier alpha value is -5.08. The van der Waals surface area contributed by atoms with Crippen molar-refractivity contribution in [2.75, 3.05) is 26.5 Å². The molecule has 0 aliphatic heterocycles. The molecule has 2 aromatic heterocycles. The zero-order valence-electron chi connectivity index (χ0n) is 25.8. The minimum absolute atomic E-state index is 0.0404. The highest BCUT2D eigenvalue weighted by atomic mass is 19.1. The first-order valence-electron chi connectivity index (χ1n) is 13.9. The molecule has 0 fully saturated rings. The van der Waals surface area contributed by atoms with Crippen LogP contribution >= 0.6 is 0 Å². The number of likely N-dealkylation sites (N-methyl/N-ethyl adjacent to an activating group) is 1. The number of carbonyl (C=O) groups is 4. The highest BCUT2D eigenvalue weighted by Crippen LogP contribution is 2.31. The van der Waals surface area contributed by atoms with Crippen molar-refractivity contribution >= 4 is 40.7 Å². The van der Waals surface area contributed by atoms with Gasteiger partial charge in [-0.1, -0.05) is 26.8 Å². The molecule has 3 rings (SSSR count).